The number of benzene rings is 1. The Hall–Kier alpha value is -0.790. The van der Waals surface area contributed by atoms with E-state index in [-0.39, 0.29) is 10.4 Å². The Balaban J connectivity index is 2.16. The van der Waals surface area contributed by atoms with Gasteiger partial charge < -0.3 is 4.74 Å². The van der Waals surface area contributed by atoms with Gasteiger partial charge in [-0.2, -0.15) is 0 Å². The third-order valence-electron chi connectivity index (χ3n) is 4.13. The molecule has 0 unspecified atom stereocenters. The van der Waals surface area contributed by atoms with E-state index in [1.165, 1.54) is 6.08 Å². The van der Waals surface area contributed by atoms with Crippen LogP contribution in [0.1, 0.15) is 19.4 Å². The van der Waals surface area contributed by atoms with E-state index in [4.69, 9.17) is 27.9 Å². The summed E-state index contributed by atoms with van der Waals surface area (Å²) >= 11 is 13.5. The van der Waals surface area contributed by atoms with E-state index in [2.05, 4.69) is 15.9 Å². The molecule has 2 atom stereocenters. The van der Waals surface area contributed by atoms with Crippen LogP contribution in [0.4, 0.5) is 17.6 Å². The monoisotopic (exact) mass is 448 g/mol. The molecule has 1 saturated carbocycles. The summed E-state index contributed by atoms with van der Waals surface area (Å²) in [4.78, 5) is 12.1. The lowest BCUT2D eigenvalue weighted by Crippen LogP contribution is -2.13. The molecule has 1 aromatic rings. The molecule has 1 aromatic carbocycles. The number of hydrogen-bond acceptors (Lipinski definition) is 2. The molecule has 0 amide bonds. The maximum absolute atomic E-state index is 13.7. The van der Waals surface area contributed by atoms with Crippen molar-refractivity contribution in [3.8, 4) is 0 Å². The van der Waals surface area contributed by atoms with Crippen LogP contribution in [0.3, 0.4) is 0 Å². The minimum atomic E-state index is -1.62. The largest absolute Gasteiger partial charge is 0.460 e. The van der Waals surface area contributed by atoms with Gasteiger partial charge in [-0.15, -0.1) is 0 Å². The fraction of sp³-hybridized carbons (Fsp3) is 0.400. The Morgan fingerprint density at radius 3 is 2.12 bits per heavy atom. The summed E-state index contributed by atoms with van der Waals surface area (Å²) < 4.78 is 58.2. The Kier molecular flexibility index (Phi) is 5.57. The number of esters is 1. The molecule has 132 valence electrons. The Bertz CT molecular complexity index is 704. The third-order valence-corrected chi connectivity index (χ3v) is 5.08. The molecule has 0 aliphatic heterocycles. The van der Waals surface area contributed by atoms with E-state index in [1.54, 1.807) is 13.8 Å². The van der Waals surface area contributed by atoms with Gasteiger partial charge in [0, 0.05) is 0 Å². The van der Waals surface area contributed by atoms with Gasteiger partial charge in [0.2, 0.25) is 0 Å². The van der Waals surface area contributed by atoms with Crippen molar-refractivity contribution in [2.45, 2.75) is 20.5 Å². The molecule has 0 spiro atoms. The minimum absolute atomic E-state index is 0.0162. The molecule has 24 heavy (non-hydrogen) atoms. The molecule has 1 aliphatic carbocycles. The molecule has 0 heterocycles. The smallest absolute Gasteiger partial charge is 0.310 e. The van der Waals surface area contributed by atoms with Gasteiger partial charge in [0.1, 0.15) is 11.1 Å². The Morgan fingerprint density at radius 2 is 1.67 bits per heavy atom. The van der Waals surface area contributed by atoms with Crippen molar-refractivity contribution in [1.29, 1.82) is 0 Å². The summed E-state index contributed by atoms with van der Waals surface area (Å²) in [6, 6.07) is 0. The first-order chi connectivity index (χ1) is 11.0. The first-order valence-corrected chi connectivity index (χ1v) is 8.24. The van der Waals surface area contributed by atoms with E-state index in [0.29, 0.717) is 0 Å². The normalized spacial score (nSPS) is 21.4. The predicted molar refractivity (Wildman–Crippen MR) is 84.3 cm³/mol. The van der Waals surface area contributed by atoms with E-state index >= 15 is 0 Å². The number of hydrogen-bond donors (Lipinski definition) is 0. The topological polar surface area (TPSA) is 26.3 Å². The maximum Gasteiger partial charge on any atom is 0.310 e. The van der Waals surface area contributed by atoms with Crippen molar-refractivity contribution in [3.63, 3.8) is 0 Å². The van der Waals surface area contributed by atoms with Gasteiger partial charge in [-0.25, -0.2) is 17.6 Å². The van der Waals surface area contributed by atoms with Crippen molar-refractivity contribution in [3.05, 3.63) is 43.9 Å². The van der Waals surface area contributed by atoms with Gasteiger partial charge in [-0.3, -0.25) is 4.79 Å². The van der Waals surface area contributed by atoms with Gasteiger partial charge in [-0.1, -0.05) is 37.0 Å². The highest BCUT2D eigenvalue weighted by molar-refractivity contribution is 9.10. The summed E-state index contributed by atoms with van der Waals surface area (Å²) in [6.07, 6.45) is 1.47. The maximum atomic E-state index is 13.7. The predicted octanol–water partition coefficient (Wildman–Crippen LogP) is 5.64. The molecule has 1 fully saturated rings. The molecule has 9 heteroatoms. The van der Waals surface area contributed by atoms with Gasteiger partial charge >= 0.3 is 5.97 Å². The average Bonchev–Trinajstić information content (AvgIpc) is 3.02. The Morgan fingerprint density at radius 1 is 1.17 bits per heavy atom. The molecule has 0 radical (unpaired) electrons. The number of halogens is 7. The number of rotatable bonds is 4. The summed E-state index contributed by atoms with van der Waals surface area (Å²) in [5, 5.41) is 0. The summed E-state index contributed by atoms with van der Waals surface area (Å²) in [5.74, 6) is -8.13. The fourth-order valence-electron chi connectivity index (χ4n) is 2.58. The van der Waals surface area contributed by atoms with E-state index < -0.39 is 57.2 Å². The Labute approximate surface area is 153 Å². The molecule has 0 aromatic heterocycles. The highest BCUT2D eigenvalue weighted by atomic mass is 79.9. The van der Waals surface area contributed by atoms with Crippen LogP contribution in [-0.2, 0) is 16.1 Å². The second-order valence-electron chi connectivity index (χ2n) is 5.94. The van der Waals surface area contributed by atoms with Gasteiger partial charge in [0.25, 0.3) is 0 Å². The van der Waals surface area contributed by atoms with Crippen molar-refractivity contribution >= 4 is 45.1 Å². The molecular formula is C15H11BrCl2F4O2. The molecule has 1 aliphatic rings. The number of ether oxygens (including phenoxy) is 1. The highest BCUT2D eigenvalue weighted by Gasteiger charge is 2.61. The molecular weight excluding hydrogens is 439 g/mol. The number of carbonyl (C=O) groups is 1. The van der Waals surface area contributed by atoms with E-state index in [0.717, 1.165) is 0 Å². The van der Waals surface area contributed by atoms with Crippen molar-refractivity contribution < 1.29 is 27.1 Å². The van der Waals surface area contributed by atoms with E-state index in [9.17, 15) is 22.4 Å². The molecule has 2 nitrogen and oxygen atoms in total. The van der Waals surface area contributed by atoms with Crippen LogP contribution in [-0.4, -0.2) is 5.97 Å². The van der Waals surface area contributed by atoms with Crippen molar-refractivity contribution in [2.75, 3.05) is 0 Å². The van der Waals surface area contributed by atoms with E-state index in [1.807, 2.05) is 0 Å². The molecule has 0 saturated heterocycles. The summed E-state index contributed by atoms with van der Waals surface area (Å²) in [6.45, 7) is 2.59. The van der Waals surface area contributed by atoms with Crippen LogP contribution < -0.4 is 0 Å². The van der Waals surface area contributed by atoms with Gasteiger partial charge in [-0.05, 0) is 33.3 Å². The molecule has 0 bridgehead atoms. The lowest BCUT2D eigenvalue weighted by Gasteiger charge is -2.10. The van der Waals surface area contributed by atoms with Gasteiger partial charge in [0.15, 0.2) is 23.3 Å². The first-order valence-electron chi connectivity index (χ1n) is 6.69. The zero-order valence-corrected chi connectivity index (χ0v) is 15.5. The fourth-order valence-corrected chi connectivity index (χ4v) is 3.20. The third kappa shape index (κ3) is 3.44. The van der Waals surface area contributed by atoms with Gasteiger partial charge in [0.05, 0.1) is 16.0 Å². The van der Waals surface area contributed by atoms with Crippen LogP contribution in [0.15, 0.2) is 15.0 Å². The first kappa shape index (κ1) is 19.5. The minimum Gasteiger partial charge on any atom is -0.460 e. The average molecular weight is 450 g/mol. The second-order valence-corrected chi connectivity index (χ2v) is 7.74. The highest BCUT2D eigenvalue weighted by Crippen LogP contribution is 2.60. The lowest BCUT2D eigenvalue weighted by molar-refractivity contribution is -0.147. The standard InChI is InChI=1S/C15H11BrCl2F4O2/c1-15(2)6(3-7(17)18)8(15)14(23)24-4-5-10(19)12(21)9(16)13(22)11(5)20/h3,6,8H,4H2,1-2H3/t6-,8+/m1/s1. The second kappa shape index (κ2) is 6.84. The van der Waals surface area contributed by atoms with Crippen LogP contribution >= 0.6 is 39.1 Å². The molecule has 0 N–H and O–H groups in total. The van der Waals surface area contributed by atoms with Crippen LogP contribution in [0.5, 0.6) is 0 Å². The SMILES string of the molecule is CC1(C)[C@H](C=C(Cl)Cl)[C@H]1C(=O)OCc1c(F)c(F)c(Br)c(F)c1F. The summed E-state index contributed by atoms with van der Waals surface area (Å²) in [5.41, 5.74) is -1.50. The summed E-state index contributed by atoms with van der Waals surface area (Å²) in [7, 11) is 0. The quantitative estimate of drug-likeness (QED) is 0.257. The number of carbonyl (C=O) groups excluding carboxylic acids is 1. The van der Waals surface area contributed by atoms with Crippen molar-refractivity contribution in [1.82, 2.24) is 0 Å². The lowest BCUT2D eigenvalue weighted by atomic mass is 10.1. The number of allylic oxidation sites excluding steroid dienone is 1. The zero-order valence-electron chi connectivity index (χ0n) is 12.4. The van der Waals surface area contributed by atoms with Crippen molar-refractivity contribution in [2.24, 2.45) is 17.3 Å². The van der Waals surface area contributed by atoms with Crippen LogP contribution in [0, 0.1) is 40.5 Å². The molecule has 2 rings (SSSR count). The van der Waals surface area contributed by atoms with Crippen LogP contribution in [0.25, 0.3) is 0 Å². The van der Waals surface area contributed by atoms with Crippen LogP contribution in [0.2, 0.25) is 0 Å². The zero-order chi connectivity index (χ0) is 18.4.